The van der Waals surface area contributed by atoms with Crippen LogP contribution in [-0.2, 0) is 6.42 Å². The van der Waals surface area contributed by atoms with Crippen molar-refractivity contribution in [3.63, 3.8) is 0 Å². The number of carbonyl (C=O) groups is 1. The molecule has 29 heavy (non-hydrogen) atoms. The third-order valence-corrected chi connectivity index (χ3v) is 5.89. The van der Waals surface area contributed by atoms with Crippen molar-refractivity contribution >= 4 is 6.03 Å². The Morgan fingerprint density at radius 3 is 2.55 bits per heavy atom. The van der Waals surface area contributed by atoms with E-state index in [0.29, 0.717) is 18.5 Å². The number of hydrogen-bond acceptors (Lipinski definition) is 1. The molecule has 0 bridgehead atoms. The molecule has 1 heterocycles. The van der Waals surface area contributed by atoms with Gasteiger partial charge in [0.05, 0.1) is 6.54 Å². The van der Waals surface area contributed by atoms with Crippen LogP contribution in [0.1, 0.15) is 24.8 Å². The van der Waals surface area contributed by atoms with Gasteiger partial charge in [0.15, 0.2) is 0 Å². The number of likely N-dealkylation sites (tertiary alicyclic amines) is 1. The van der Waals surface area contributed by atoms with Crippen molar-refractivity contribution in [2.75, 3.05) is 13.1 Å². The fourth-order valence-corrected chi connectivity index (χ4v) is 4.27. The molecule has 1 saturated carbocycles. The first kappa shape index (κ1) is 19.7. The number of halogens is 4. The van der Waals surface area contributed by atoms with E-state index in [1.54, 1.807) is 30.3 Å². The van der Waals surface area contributed by atoms with E-state index in [1.807, 2.05) is 0 Å². The van der Waals surface area contributed by atoms with Crippen molar-refractivity contribution in [3.05, 3.63) is 59.7 Å². The molecule has 2 amide bonds. The van der Waals surface area contributed by atoms with Gasteiger partial charge in [0.2, 0.25) is 0 Å². The number of urea groups is 1. The minimum atomic E-state index is -2.64. The third-order valence-electron chi connectivity index (χ3n) is 5.89. The molecule has 0 unspecified atom stereocenters. The molecule has 2 aromatic rings. The molecule has 2 aliphatic rings. The Bertz CT molecular complexity index is 899. The van der Waals surface area contributed by atoms with Crippen LogP contribution < -0.4 is 5.32 Å². The number of hydrogen-bond donors (Lipinski definition) is 1. The second kappa shape index (κ2) is 7.69. The number of alkyl halides is 2. The molecule has 1 N–H and O–H groups in total. The lowest BCUT2D eigenvalue weighted by molar-refractivity contribution is 0.138. The molecular formula is C22H22F4N2O. The lowest BCUT2D eigenvalue weighted by Crippen LogP contribution is -2.45. The topological polar surface area (TPSA) is 32.3 Å². The van der Waals surface area contributed by atoms with Crippen molar-refractivity contribution in [3.8, 4) is 11.1 Å². The SMILES string of the molecule is O=C(NCC(F)F)N1CC2(CC2)C[C@@H]1Cc1cc(F)cc(-c2ccccc2)c1F. The number of rotatable bonds is 5. The normalized spacial score (nSPS) is 19.8. The van der Waals surface area contributed by atoms with E-state index >= 15 is 4.39 Å². The van der Waals surface area contributed by atoms with Gasteiger partial charge in [0.25, 0.3) is 6.43 Å². The van der Waals surface area contributed by atoms with E-state index < -0.39 is 30.6 Å². The monoisotopic (exact) mass is 406 g/mol. The lowest BCUT2D eigenvalue weighted by Gasteiger charge is -2.25. The Labute approximate surface area is 166 Å². The van der Waals surface area contributed by atoms with Crippen LogP contribution >= 0.6 is 0 Å². The van der Waals surface area contributed by atoms with Crippen molar-refractivity contribution < 1.29 is 22.4 Å². The van der Waals surface area contributed by atoms with E-state index in [4.69, 9.17) is 0 Å². The van der Waals surface area contributed by atoms with E-state index in [9.17, 15) is 18.0 Å². The van der Waals surface area contributed by atoms with Crippen LogP contribution in [0.15, 0.2) is 42.5 Å². The number of amides is 2. The van der Waals surface area contributed by atoms with Crippen LogP contribution in [0.3, 0.4) is 0 Å². The molecule has 0 aromatic heterocycles. The molecule has 1 spiro atoms. The van der Waals surface area contributed by atoms with Crippen LogP contribution in [0, 0.1) is 17.0 Å². The van der Waals surface area contributed by atoms with Crippen LogP contribution in [0.2, 0.25) is 0 Å². The highest BCUT2D eigenvalue weighted by molar-refractivity contribution is 5.75. The van der Waals surface area contributed by atoms with Crippen molar-refractivity contribution in [1.82, 2.24) is 10.2 Å². The minimum Gasteiger partial charge on any atom is -0.332 e. The first-order valence-corrected chi connectivity index (χ1v) is 9.73. The zero-order valence-electron chi connectivity index (χ0n) is 15.8. The Balaban J connectivity index is 1.59. The summed E-state index contributed by atoms with van der Waals surface area (Å²) in [6, 6.07) is 10.1. The summed E-state index contributed by atoms with van der Waals surface area (Å²) in [4.78, 5) is 13.9. The van der Waals surface area contributed by atoms with Gasteiger partial charge >= 0.3 is 6.03 Å². The van der Waals surface area contributed by atoms with Crippen LogP contribution in [0.4, 0.5) is 22.4 Å². The number of carbonyl (C=O) groups excluding carboxylic acids is 1. The van der Waals surface area contributed by atoms with Gasteiger partial charge in [-0.05, 0) is 54.4 Å². The van der Waals surface area contributed by atoms with Gasteiger partial charge in [-0.2, -0.15) is 0 Å². The maximum atomic E-state index is 15.2. The van der Waals surface area contributed by atoms with Crippen LogP contribution in [0.5, 0.6) is 0 Å². The standard InChI is InChI=1S/C22H22F4N2O/c23-16-8-15(20(26)18(10-16)14-4-2-1-3-5-14)9-17-11-22(6-7-22)13-28(17)21(29)27-12-19(24)25/h1-5,8,10,17,19H,6-7,9,11-13H2,(H,27,29)/t17-/m0/s1. The zero-order chi connectivity index (χ0) is 20.6. The summed E-state index contributed by atoms with van der Waals surface area (Å²) in [5.41, 5.74) is 0.938. The molecule has 1 saturated heterocycles. The smallest absolute Gasteiger partial charge is 0.317 e. The van der Waals surface area contributed by atoms with Gasteiger partial charge < -0.3 is 10.2 Å². The zero-order valence-corrected chi connectivity index (χ0v) is 15.8. The summed E-state index contributed by atoms with van der Waals surface area (Å²) in [5, 5.41) is 2.24. The van der Waals surface area contributed by atoms with E-state index in [1.165, 1.54) is 4.90 Å². The Morgan fingerprint density at radius 2 is 1.90 bits per heavy atom. The minimum absolute atomic E-state index is 0.00109. The van der Waals surface area contributed by atoms with Crippen LogP contribution in [-0.4, -0.2) is 36.5 Å². The summed E-state index contributed by atoms with van der Waals surface area (Å²) >= 11 is 0. The second-order valence-corrected chi connectivity index (χ2v) is 8.06. The maximum absolute atomic E-state index is 15.2. The third kappa shape index (κ3) is 4.23. The molecule has 3 nitrogen and oxygen atoms in total. The predicted molar refractivity (Wildman–Crippen MR) is 102 cm³/mol. The van der Waals surface area contributed by atoms with Crippen molar-refractivity contribution in [1.29, 1.82) is 0 Å². The average Bonchev–Trinajstić information content (AvgIpc) is 3.35. The quantitative estimate of drug-likeness (QED) is 0.696. The van der Waals surface area contributed by atoms with E-state index in [2.05, 4.69) is 5.32 Å². The Hall–Kier alpha value is -2.57. The molecule has 1 aliphatic heterocycles. The number of nitrogens with zero attached hydrogens (tertiary/aromatic N) is 1. The molecule has 0 radical (unpaired) electrons. The Kier molecular flexibility index (Phi) is 5.23. The fourth-order valence-electron chi connectivity index (χ4n) is 4.27. The summed E-state index contributed by atoms with van der Waals surface area (Å²) in [6.07, 6.45) is 0.106. The lowest BCUT2D eigenvalue weighted by atomic mass is 9.95. The molecule has 2 aromatic carbocycles. The number of benzene rings is 2. The molecule has 154 valence electrons. The predicted octanol–water partition coefficient (Wildman–Crippen LogP) is 5.00. The highest BCUT2D eigenvalue weighted by Gasteiger charge is 2.53. The largest absolute Gasteiger partial charge is 0.332 e. The first-order chi connectivity index (χ1) is 13.9. The summed E-state index contributed by atoms with van der Waals surface area (Å²) < 4.78 is 54.4. The van der Waals surface area contributed by atoms with Gasteiger partial charge in [-0.15, -0.1) is 0 Å². The van der Waals surface area contributed by atoms with Gasteiger partial charge in [0, 0.05) is 18.2 Å². The summed E-state index contributed by atoms with van der Waals surface area (Å²) in [6.45, 7) is -0.253. The Morgan fingerprint density at radius 1 is 1.17 bits per heavy atom. The van der Waals surface area contributed by atoms with Gasteiger partial charge in [-0.25, -0.2) is 22.4 Å². The average molecular weight is 406 g/mol. The molecule has 1 aliphatic carbocycles. The molecule has 1 atom stereocenters. The van der Waals surface area contributed by atoms with E-state index in [-0.39, 0.29) is 29.0 Å². The van der Waals surface area contributed by atoms with Crippen LogP contribution in [0.25, 0.3) is 11.1 Å². The highest BCUT2D eigenvalue weighted by Crippen LogP contribution is 2.55. The molecular weight excluding hydrogens is 384 g/mol. The summed E-state index contributed by atoms with van der Waals surface area (Å²) in [5.74, 6) is -1.06. The molecule has 7 heteroatoms. The fraction of sp³-hybridized carbons (Fsp3) is 0.409. The van der Waals surface area contributed by atoms with Gasteiger partial charge in [-0.1, -0.05) is 30.3 Å². The molecule has 2 fully saturated rings. The van der Waals surface area contributed by atoms with Gasteiger partial charge in [0.1, 0.15) is 11.6 Å². The summed E-state index contributed by atoms with van der Waals surface area (Å²) in [7, 11) is 0. The van der Waals surface area contributed by atoms with Crippen molar-refractivity contribution in [2.45, 2.75) is 38.2 Å². The van der Waals surface area contributed by atoms with Crippen molar-refractivity contribution in [2.24, 2.45) is 5.41 Å². The first-order valence-electron chi connectivity index (χ1n) is 9.73. The highest BCUT2D eigenvalue weighted by atomic mass is 19.3. The maximum Gasteiger partial charge on any atom is 0.317 e. The number of nitrogens with one attached hydrogen (secondary N) is 1. The van der Waals surface area contributed by atoms with Gasteiger partial charge in [-0.3, -0.25) is 0 Å². The molecule has 4 rings (SSSR count). The second-order valence-electron chi connectivity index (χ2n) is 8.06. The van der Waals surface area contributed by atoms with E-state index in [0.717, 1.165) is 25.0 Å².